The highest BCUT2D eigenvalue weighted by Gasteiger charge is 2.16. The normalized spacial score (nSPS) is 11.0. The highest BCUT2D eigenvalue weighted by molar-refractivity contribution is 5.32. The molecule has 0 aliphatic heterocycles. The molecule has 21 heavy (non-hydrogen) atoms. The van der Waals surface area contributed by atoms with E-state index in [1.54, 1.807) is 0 Å². The number of hydrogen-bond acceptors (Lipinski definition) is 2. The van der Waals surface area contributed by atoms with E-state index >= 15 is 0 Å². The van der Waals surface area contributed by atoms with Crippen LogP contribution in [-0.2, 0) is 6.42 Å². The summed E-state index contributed by atoms with van der Waals surface area (Å²) in [6.45, 7) is 0.123. The first kappa shape index (κ1) is 13.6. The van der Waals surface area contributed by atoms with E-state index in [1.807, 2.05) is 24.7 Å². The van der Waals surface area contributed by atoms with Gasteiger partial charge in [-0.25, -0.2) is 4.98 Å². The minimum Gasteiger partial charge on any atom is -0.396 e. The highest BCUT2D eigenvalue weighted by Crippen LogP contribution is 2.26. The van der Waals surface area contributed by atoms with E-state index < -0.39 is 0 Å². The van der Waals surface area contributed by atoms with E-state index in [0.29, 0.717) is 6.42 Å². The van der Waals surface area contributed by atoms with Gasteiger partial charge in [0, 0.05) is 19.2 Å². The van der Waals surface area contributed by atoms with Gasteiger partial charge in [0.2, 0.25) is 0 Å². The maximum absolute atomic E-state index is 9.05. The zero-order chi connectivity index (χ0) is 14.5. The summed E-state index contributed by atoms with van der Waals surface area (Å²) in [6, 6.07) is 20.9. The fourth-order valence-corrected chi connectivity index (χ4v) is 2.57. The largest absolute Gasteiger partial charge is 0.396 e. The number of rotatable bonds is 5. The number of benzene rings is 2. The van der Waals surface area contributed by atoms with Crippen LogP contribution in [-0.4, -0.2) is 21.3 Å². The van der Waals surface area contributed by atoms with E-state index in [1.165, 1.54) is 11.1 Å². The van der Waals surface area contributed by atoms with E-state index in [2.05, 4.69) is 58.1 Å². The Kier molecular flexibility index (Phi) is 4.12. The Balaban J connectivity index is 2.03. The van der Waals surface area contributed by atoms with Crippen LogP contribution in [0.4, 0.5) is 0 Å². The van der Waals surface area contributed by atoms with Crippen molar-refractivity contribution < 1.29 is 5.11 Å². The molecule has 0 saturated heterocycles. The van der Waals surface area contributed by atoms with Crippen molar-refractivity contribution in [2.75, 3.05) is 6.61 Å². The zero-order valence-electron chi connectivity index (χ0n) is 11.8. The lowest BCUT2D eigenvalue weighted by atomic mass is 9.98. The van der Waals surface area contributed by atoms with Gasteiger partial charge in [0.05, 0.1) is 18.1 Å². The average Bonchev–Trinajstić information content (AvgIpc) is 2.98. The zero-order valence-corrected chi connectivity index (χ0v) is 11.8. The summed E-state index contributed by atoms with van der Waals surface area (Å²) in [7, 11) is 0. The SMILES string of the molecule is OCCc1cn(C(c2ccccc2)c2ccccc2)cn1. The van der Waals surface area contributed by atoms with Crippen molar-refractivity contribution >= 4 is 0 Å². The molecule has 0 radical (unpaired) electrons. The molecular formula is C18H18N2O. The summed E-state index contributed by atoms with van der Waals surface area (Å²) >= 11 is 0. The van der Waals surface area contributed by atoms with Gasteiger partial charge in [-0.1, -0.05) is 60.7 Å². The van der Waals surface area contributed by atoms with E-state index in [9.17, 15) is 0 Å². The van der Waals surface area contributed by atoms with E-state index in [4.69, 9.17) is 5.11 Å². The molecule has 0 fully saturated rings. The highest BCUT2D eigenvalue weighted by atomic mass is 16.3. The quantitative estimate of drug-likeness (QED) is 0.779. The Morgan fingerprint density at radius 1 is 0.905 bits per heavy atom. The standard InChI is InChI=1S/C18H18N2O/c21-12-11-17-13-20(14-19-17)18(15-7-3-1-4-8-15)16-9-5-2-6-10-16/h1-10,13-14,18,21H,11-12H2. The molecule has 0 unspecified atom stereocenters. The number of nitrogens with zero attached hydrogens (tertiary/aromatic N) is 2. The van der Waals surface area contributed by atoms with E-state index in [-0.39, 0.29) is 12.6 Å². The third kappa shape index (κ3) is 3.03. The van der Waals surface area contributed by atoms with Crippen LogP contribution in [0, 0.1) is 0 Å². The third-order valence-electron chi connectivity index (χ3n) is 3.55. The number of imidazole rings is 1. The lowest BCUT2D eigenvalue weighted by Crippen LogP contribution is -2.10. The lowest BCUT2D eigenvalue weighted by Gasteiger charge is -2.19. The van der Waals surface area contributed by atoms with Crippen LogP contribution in [0.3, 0.4) is 0 Å². The van der Waals surface area contributed by atoms with Crippen molar-refractivity contribution in [3.8, 4) is 0 Å². The van der Waals surface area contributed by atoms with Crippen LogP contribution in [0.2, 0.25) is 0 Å². The summed E-state index contributed by atoms with van der Waals surface area (Å²) in [5.41, 5.74) is 3.35. The summed E-state index contributed by atoms with van der Waals surface area (Å²) in [5.74, 6) is 0. The molecule has 1 aromatic heterocycles. The Bertz CT molecular complexity index is 637. The van der Waals surface area contributed by atoms with Gasteiger partial charge in [0.1, 0.15) is 0 Å². The number of hydrogen-bond donors (Lipinski definition) is 1. The third-order valence-corrected chi connectivity index (χ3v) is 3.55. The molecule has 3 heteroatoms. The molecule has 0 amide bonds. The molecule has 0 atom stereocenters. The van der Waals surface area contributed by atoms with Gasteiger partial charge in [-0.3, -0.25) is 0 Å². The molecule has 0 spiro atoms. The number of aromatic nitrogens is 2. The second-order valence-corrected chi connectivity index (χ2v) is 5.01. The van der Waals surface area contributed by atoms with Crippen molar-refractivity contribution in [3.05, 3.63) is 90.0 Å². The first-order valence-corrected chi connectivity index (χ1v) is 7.11. The average molecular weight is 278 g/mol. The molecule has 106 valence electrons. The van der Waals surface area contributed by atoms with Crippen molar-refractivity contribution in [2.24, 2.45) is 0 Å². The fraction of sp³-hybridized carbons (Fsp3) is 0.167. The lowest BCUT2D eigenvalue weighted by molar-refractivity contribution is 0.298. The van der Waals surface area contributed by atoms with Gasteiger partial charge in [-0.05, 0) is 11.1 Å². The second-order valence-electron chi connectivity index (χ2n) is 5.01. The van der Waals surface area contributed by atoms with Gasteiger partial charge < -0.3 is 9.67 Å². The number of aliphatic hydroxyl groups excluding tert-OH is 1. The van der Waals surface area contributed by atoms with Crippen molar-refractivity contribution in [1.29, 1.82) is 0 Å². The van der Waals surface area contributed by atoms with Crippen LogP contribution >= 0.6 is 0 Å². The predicted molar refractivity (Wildman–Crippen MR) is 83.1 cm³/mol. The molecule has 3 aromatic rings. The van der Waals surface area contributed by atoms with Crippen LogP contribution < -0.4 is 0 Å². The van der Waals surface area contributed by atoms with Crippen LogP contribution in [0.15, 0.2) is 73.2 Å². The molecule has 0 saturated carbocycles. The molecule has 3 nitrogen and oxygen atoms in total. The first-order chi connectivity index (χ1) is 10.4. The molecule has 0 aliphatic carbocycles. The summed E-state index contributed by atoms with van der Waals surface area (Å²) < 4.78 is 2.11. The molecule has 3 rings (SSSR count). The van der Waals surface area contributed by atoms with Crippen LogP contribution in [0.1, 0.15) is 22.9 Å². The molecule has 0 bridgehead atoms. The molecule has 1 N–H and O–H groups in total. The number of aliphatic hydroxyl groups is 1. The minimum atomic E-state index is 0.104. The second kappa shape index (κ2) is 6.37. The van der Waals surface area contributed by atoms with Gasteiger partial charge in [0.15, 0.2) is 0 Å². The maximum atomic E-state index is 9.05. The van der Waals surface area contributed by atoms with Crippen LogP contribution in [0.5, 0.6) is 0 Å². The van der Waals surface area contributed by atoms with Crippen LogP contribution in [0.25, 0.3) is 0 Å². The Morgan fingerprint density at radius 3 is 2.00 bits per heavy atom. The smallest absolute Gasteiger partial charge is 0.0957 e. The topological polar surface area (TPSA) is 38.0 Å². The van der Waals surface area contributed by atoms with Gasteiger partial charge in [0.25, 0.3) is 0 Å². The predicted octanol–water partition coefficient (Wildman–Crippen LogP) is 3.06. The van der Waals surface area contributed by atoms with Crippen molar-refractivity contribution in [1.82, 2.24) is 9.55 Å². The molecule has 1 heterocycles. The first-order valence-electron chi connectivity index (χ1n) is 7.11. The monoisotopic (exact) mass is 278 g/mol. The molecule has 0 aliphatic rings. The Morgan fingerprint density at radius 2 is 1.48 bits per heavy atom. The Labute approximate surface area is 124 Å². The fourth-order valence-electron chi connectivity index (χ4n) is 2.57. The molecule has 2 aromatic carbocycles. The summed E-state index contributed by atoms with van der Waals surface area (Å²) in [6.07, 6.45) is 4.44. The van der Waals surface area contributed by atoms with E-state index in [0.717, 1.165) is 5.69 Å². The van der Waals surface area contributed by atoms with Crippen molar-refractivity contribution in [3.63, 3.8) is 0 Å². The van der Waals surface area contributed by atoms with Gasteiger partial charge >= 0.3 is 0 Å². The molecular weight excluding hydrogens is 260 g/mol. The summed E-state index contributed by atoms with van der Waals surface area (Å²) in [5, 5.41) is 9.05. The van der Waals surface area contributed by atoms with Crippen molar-refractivity contribution in [2.45, 2.75) is 12.5 Å². The van der Waals surface area contributed by atoms with Gasteiger partial charge in [-0.15, -0.1) is 0 Å². The minimum absolute atomic E-state index is 0.104. The maximum Gasteiger partial charge on any atom is 0.0957 e. The summed E-state index contributed by atoms with van der Waals surface area (Å²) in [4.78, 5) is 4.38. The Hall–Kier alpha value is -2.39. The van der Waals surface area contributed by atoms with Gasteiger partial charge in [-0.2, -0.15) is 0 Å².